The average Bonchev–Trinajstić information content (AvgIpc) is 3.36. The van der Waals surface area contributed by atoms with Gasteiger partial charge >= 0.3 is 0 Å². The molecule has 0 aliphatic heterocycles. The maximum atomic E-state index is 12.4. The summed E-state index contributed by atoms with van der Waals surface area (Å²) in [5.41, 5.74) is 1.68. The zero-order valence-electron chi connectivity index (χ0n) is 13.9. The summed E-state index contributed by atoms with van der Waals surface area (Å²) in [6, 6.07) is 7.33. The number of amides is 1. The minimum atomic E-state index is -0.198. The second kappa shape index (κ2) is 6.89. The lowest BCUT2D eigenvalue weighted by Gasteiger charge is -2.08. The molecular weight excluding hydrogens is 350 g/mol. The van der Waals surface area contributed by atoms with Crippen LogP contribution < -0.4 is 5.32 Å². The molecule has 4 heterocycles. The third kappa shape index (κ3) is 3.38. The highest BCUT2D eigenvalue weighted by Gasteiger charge is 2.13. The van der Waals surface area contributed by atoms with Crippen molar-refractivity contribution in [1.29, 1.82) is 0 Å². The van der Waals surface area contributed by atoms with E-state index in [1.54, 1.807) is 40.2 Å². The Morgan fingerprint density at radius 1 is 1.27 bits per heavy atom. The van der Waals surface area contributed by atoms with Crippen LogP contribution in [0.15, 0.2) is 54.4 Å². The van der Waals surface area contributed by atoms with E-state index in [1.165, 1.54) is 11.3 Å². The Bertz CT molecular complexity index is 1020. The van der Waals surface area contributed by atoms with Gasteiger partial charge in [0.05, 0.1) is 11.9 Å². The minimum Gasteiger partial charge on any atom is -0.309 e. The van der Waals surface area contributed by atoms with Crippen LogP contribution in [0, 0.1) is 6.92 Å². The highest BCUT2D eigenvalue weighted by atomic mass is 32.1. The van der Waals surface area contributed by atoms with E-state index in [1.807, 2.05) is 30.5 Å². The summed E-state index contributed by atoms with van der Waals surface area (Å²) in [5.74, 6) is 1.01. The Hall–Kier alpha value is -3.33. The fraction of sp³-hybridized carbons (Fsp3) is 0.118. The van der Waals surface area contributed by atoms with E-state index < -0.39 is 0 Å². The summed E-state index contributed by atoms with van der Waals surface area (Å²) in [5, 5.41) is 14.3. The molecule has 26 heavy (non-hydrogen) atoms. The van der Waals surface area contributed by atoms with Gasteiger partial charge in [-0.2, -0.15) is 14.9 Å². The average molecular weight is 365 g/mol. The summed E-state index contributed by atoms with van der Waals surface area (Å²) < 4.78 is 3.19. The Labute approximate surface area is 153 Å². The van der Waals surface area contributed by atoms with Gasteiger partial charge in [0.15, 0.2) is 5.82 Å². The second-order valence-electron chi connectivity index (χ2n) is 5.58. The van der Waals surface area contributed by atoms with Crippen molar-refractivity contribution in [3.8, 4) is 16.4 Å². The van der Waals surface area contributed by atoms with Crippen molar-refractivity contribution >= 4 is 23.1 Å². The van der Waals surface area contributed by atoms with E-state index in [-0.39, 0.29) is 12.5 Å². The molecule has 130 valence electrons. The van der Waals surface area contributed by atoms with Gasteiger partial charge in [-0.1, -0.05) is 6.07 Å². The third-order valence-corrected chi connectivity index (χ3v) is 4.41. The van der Waals surface area contributed by atoms with Gasteiger partial charge in [-0.05, 0) is 19.1 Å². The van der Waals surface area contributed by atoms with Gasteiger partial charge in [-0.25, -0.2) is 9.97 Å². The monoisotopic (exact) mass is 365 g/mol. The van der Waals surface area contributed by atoms with Gasteiger partial charge in [0, 0.05) is 35.6 Å². The highest BCUT2D eigenvalue weighted by Crippen LogP contribution is 2.20. The van der Waals surface area contributed by atoms with Crippen LogP contribution in [0.2, 0.25) is 0 Å². The van der Waals surface area contributed by atoms with Gasteiger partial charge in [0.25, 0.3) is 0 Å². The van der Waals surface area contributed by atoms with Gasteiger partial charge < -0.3 is 5.32 Å². The van der Waals surface area contributed by atoms with Crippen molar-refractivity contribution in [3.63, 3.8) is 0 Å². The topological polar surface area (TPSA) is 90.5 Å². The Kier molecular flexibility index (Phi) is 4.28. The molecule has 4 aromatic rings. The maximum absolute atomic E-state index is 12.4. The molecular formula is C17H15N7OS. The summed E-state index contributed by atoms with van der Waals surface area (Å²) in [4.78, 5) is 20.9. The van der Waals surface area contributed by atoms with Crippen LogP contribution in [-0.4, -0.2) is 35.4 Å². The molecule has 1 N–H and O–H groups in total. The number of anilines is 1. The van der Waals surface area contributed by atoms with Crippen molar-refractivity contribution < 1.29 is 4.79 Å². The van der Waals surface area contributed by atoms with Crippen LogP contribution in [0.25, 0.3) is 16.4 Å². The molecule has 0 radical (unpaired) electrons. The lowest BCUT2D eigenvalue weighted by molar-refractivity contribution is -0.116. The molecule has 0 atom stereocenters. The number of carbonyl (C=O) groups excluding carboxylic acids is 1. The van der Waals surface area contributed by atoms with Crippen molar-refractivity contribution in [3.05, 3.63) is 60.1 Å². The van der Waals surface area contributed by atoms with Crippen LogP contribution in [0.5, 0.6) is 0 Å². The summed E-state index contributed by atoms with van der Waals surface area (Å²) in [6.45, 7) is 1.96. The number of thiazole rings is 1. The molecule has 8 nitrogen and oxygen atoms in total. The predicted octanol–water partition coefficient (Wildman–Crippen LogP) is 2.53. The smallest absolute Gasteiger partial charge is 0.247 e. The molecule has 0 aliphatic carbocycles. The third-order valence-electron chi connectivity index (χ3n) is 3.58. The fourth-order valence-electron chi connectivity index (χ4n) is 2.50. The van der Waals surface area contributed by atoms with Gasteiger partial charge in [0.2, 0.25) is 5.91 Å². The zero-order valence-corrected chi connectivity index (χ0v) is 14.7. The number of nitrogens with zero attached hydrogens (tertiary/aromatic N) is 6. The number of hydrogen-bond donors (Lipinski definition) is 1. The molecule has 1 amide bonds. The first-order valence-electron chi connectivity index (χ1n) is 7.89. The van der Waals surface area contributed by atoms with Gasteiger partial charge in [0.1, 0.15) is 17.4 Å². The molecule has 0 aromatic carbocycles. The molecule has 0 aliphatic rings. The fourth-order valence-corrected chi connectivity index (χ4v) is 3.11. The molecule has 0 saturated carbocycles. The van der Waals surface area contributed by atoms with Crippen LogP contribution in [0.4, 0.5) is 5.82 Å². The number of nitrogens with one attached hydrogen (secondary N) is 1. The minimum absolute atomic E-state index is 0.0951. The quantitative estimate of drug-likeness (QED) is 0.587. The number of carbonyl (C=O) groups is 1. The standard InChI is InChI=1S/C17H15N7OS/c1-12-8-15(24(22-12)14-4-2-3-5-18-14)21-16(25)11-23-10-13(9-20-23)17-19-6-7-26-17/h2-10H,11H2,1H3,(H,21,25). The molecule has 0 spiro atoms. The summed E-state index contributed by atoms with van der Waals surface area (Å²) >= 11 is 1.53. The first-order valence-corrected chi connectivity index (χ1v) is 8.77. The van der Waals surface area contributed by atoms with Gasteiger partial charge in [-0.3, -0.25) is 9.48 Å². The predicted molar refractivity (Wildman–Crippen MR) is 98.1 cm³/mol. The SMILES string of the molecule is Cc1cc(NC(=O)Cn2cc(-c3nccs3)cn2)n(-c2ccccn2)n1. The Balaban J connectivity index is 1.49. The van der Waals surface area contributed by atoms with E-state index in [2.05, 4.69) is 25.5 Å². The van der Waals surface area contributed by atoms with Crippen LogP contribution in [0.3, 0.4) is 0 Å². The van der Waals surface area contributed by atoms with Gasteiger partial charge in [-0.15, -0.1) is 11.3 Å². The number of pyridine rings is 1. The first kappa shape index (κ1) is 16.2. The van der Waals surface area contributed by atoms with Crippen LogP contribution in [-0.2, 0) is 11.3 Å². The molecule has 9 heteroatoms. The van der Waals surface area contributed by atoms with E-state index in [0.717, 1.165) is 16.3 Å². The van der Waals surface area contributed by atoms with Crippen LogP contribution >= 0.6 is 11.3 Å². The number of rotatable bonds is 5. The molecule has 4 aromatic heterocycles. The Morgan fingerprint density at radius 3 is 2.96 bits per heavy atom. The van der Waals surface area contributed by atoms with E-state index >= 15 is 0 Å². The van der Waals surface area contributed by atoms with Crippen molar-refractivity contribution in [1.82, 2.24) is 29.5 Å². The highest BCUT2D eigenvalue weighted by molar-refractivity contribution is 7.13. The largest absolute Gasteiger partial charge is 0.309 e. The summed E-state index contributed by atoms with van der Waals surface area (Å²) in [7, 11) is 0. The van der Waals surface area contributed by atoms with Crippen molar-refractivity contribution in [2.45, 2.75) is 13.5 Å². The molecule has 0 unspecified atom stereocenters. The summed E-state index contributed by atoms with van der Waals surface area (Å²) in [6.07, 6.45) is 6.93. The van der Waals surface area contributed by atoms with E-state index in [9.17, 15) is 4.79 Å². The number of hydrogen-bond acceptors (Lipinski definition) is 6. The maximum Gasteiger partial charge on any atom is 0.247 e. The van der Waals surface area contributed by atoms with Crippen LogP contribution in [0.1, 0.15) is 5.69 Å². The number of aromatic nitrogens is 6. The second-order valence-corrected chi connectivity index (χ2v) is 6.48. The lowest BCUT2D eigenvalue weighted by Crippen LogP contribution is -2.21. The number of aryl methyl sites for hydroxylation is 1. The molecule has 4 rings (SSSR count). The Morgan fingerprint density at radius 2 is 2.19 bits per heavy atom. The lowest BCUT2D eigenvalue weighted by atomic mass is 10.4. The zero-order chi connectivity index (χ0) is 17.9. The van der Waals surface area contributed by atoms with Crippen molar-refractivity contribution in [2.75, 3.05) is 5.32 Å². The molecule has 0 saturated heterocycles. The normalized spacial score (nSPS) is 10.8. The van der Waals surface area contributed by atoms with E-state index in [4.69, 9.17) is 0 Å². The molecule has 0 fully saturated rings. The first-order chi connectivity index (χ1) is 12.7. The van der Waals surface area contributed by atoms with E-state index in [0.29, 0.717) is 11.6 Å². The van der Waals surface area contributed by atoms with Crippen molar-refractivity contribution in [2.24, 2.45) is 0 Å². The molecule has 0 bridgehead atoms.